The van der Waals surface area contributed by atoms with Crippen LogP contribution in [0, 0.1) is 13.8 Å². The van der Waals surface area contributed by atoms with Crippen LogP contribution in [0.5, 0.6) is 0 Å². The molecule has 8 nitrogen and oxygen atoms in total. The van der Waals surface area contributed by atoms with Gasteiger partial charge in [0.1, 0.15) is 5.69 Å². The van der Waals surface area contributed by atoms with E-state index < -0.39 is 5.97 Å². The maximum Gasteiger partial charge on any atom is 0.340 e. The first kappa shape index (κ1) is 22.6. The van der Waals surface area contributed by atoms with Crippen molar-refractivity contribution >= 4 is 23.5 Å². The van der Waals surface area contributed by atoms with Crippen LogP contribution in [0.2, 0.25) is 5.02 Å². The minimum atomic E-state index is -0.448. The van der Waals surface area contributed by atoms with Crippen LogP contribution >= 0.6 is 11.6 Å². The SMILES string of the molecule is CCCN(Cc1nnc(-c2ccccc2Cl)o1)C(=O)c1[nH]c(C)c(C(=O)OCC)c1C. The van der Waals surface area contributed by atoms with Crippen LogP contribution < -0.4 is 0 Å². The summed E-state index contributed by atoms with van der Waals surface area (Å²) in [6, 6.07) is 7.17. The molecule has 0 radical (unpaired) electrons. The monoisotopic (exact) mass is 444 g/mol. The molecule has 1 N–H and O–H groups in total. The van der Waals surface area contributed by atoms with Crippen molar-refractivity contribution in [2.45, 2.75) is 40.7 Å². The zero-order valence-corrected chi connectivity index (χ0v) is 18.7. The van der Waals surface area contributed by atoms with E-state index in [9.17, 15) is 9.59 Å². The second-order valence-electron chi connectivity index (χ2n) is 7.05. The number of amides is 1. The molecule has 0 fully saturated rings. The van der Waals surface area contributed by atoms with Crippen LogP contribution in [0.1, 0.15) is 58.3 Å². The zero-order chi connectivity index (χ0) is 22.5. The third kappa shape index (κ3) is 4.80. The average Bonchev–Trinajstić information content (AvgIpc) is 3.31. The smallest absolute Gasteiger partial charge is 0.340 e. The molecule has 1 aromatic carbocycles. The largest absolute Gasteiger partial charge is 0.462 e. The van der Waals surface area contributed by atoms with Gasteiger partial charge in [-0.15, -0.1) is 10.2 Å². The van der Waals surface area contributed by atoms with Gasteiger partial charge in [0.15, 0.2) is 0 Å². The number of carbonyl (C=O) groups is 2. The summed E-state index contributed by atoms with van der Waals surface area (Å²) in [6.45, 7) is 8.07. The lowest BCUT2D eigenvalue weighted by Crippen LogP contribution is -2.32. The van der Waals surface area contributed by atoms with Crippen LogP contribution in [0.3, 0.4) is 0 Å². The van der Waals surface area contributed by atoms with Gasteiger partial charge in [0, 0.05) is 12.2 Å². The third-order valence-electron chi connectivity index (χ3n) is 4.81. The molecule has 1 amide bonds. The Bertz CT molecular complexity index is 1090. The first-order valence-electron chi connectivity index (χ1n) is 10.1. The number of nitrogens with one attached hydrogen (secondary N) is 1. The molecule has 0 aliphatic heterocycles. The second-order valence-corrected chi connectivity index (χ2v) is 7.46. The minimum absolute atomic E-state index is 0.135. The topological polar surface area (TPSA) is 101 Å². The quantitative estimate of drug-likeness (QED) is 0.511. The summed E-state index contributed by atoms with van der Waals surface area (Å²) in [4.78, 5) is 30.2. The van der Waals surface area contributed by atoms with Crippen LogP contribution in [0.25, 0.3) is 11.5 Å². The van der Waals surface area contributed by atoms with Crippen molar-refractivity contribution in [2.75, 3.05) is 13.2 Å². The van der Waals surface area contributed by atoms with E-state index in [-0.39, 0.29) is 19.1 Å². The Morgan fingerprint density at radius 2 is 1.94 bits per heavy atom. The number of ether oxygens (including phenoxy) is 1. The fourth-order valence-electron chi connectivity index (χ4n) is 3.38. The Balaban J connectivity index is 1.85. The number of rotatable bonds is 8. The maximum absolute atomic E-state index is 13.3. The highest BCUT2D eigenvalue weighted by atomic mass is 35.5. The Labute approximate surface area is 185 Å². The van der Waals surface area contributed by atoms with Crippen molar-refractivity contribution < 1.29 is 18.7 Å². The van der Waals surface area contributed by atoms with Gasteiger partial charge in [0.25, 0.3) is 5.91 Å². The Kier molecular flexibility index (Phi) is 7.12. The number of benzene rings is 1. The number of halogens is 1. The van der Waals surface area contributed by atoms with Crippen molar-refractivity contribution in [3.05, 3.63) is 57.7 Å². The van der Waals surface area contributed by atoms with Gasteiger partial charge in [0.2, 0.25) is 11.8 Å². The number of aromatic nitrogens is 3. The van der Waals surface area contributed by atoms with Gasteiger partial charge in [-0.1, -0.05) is 30.7 Å². The number of hydrogen-bond donors (Lipinski definition) is 1. The van der Waals surface area contributed by atoms with E-state index in [2.05, 4.69) is 15.2 Å². The van der Waals surface area contributed by atoms with Gasteiger partial charge in [-0.25, -0.2) is 4.79 Å². The van der Waals surface area contributed by atoms with Gasteiger partial charge in [-0.3, -0.25) is 4.79 Å². The van der Waals surface area contributed by atoms with E-state index in [1.165, 1.54) is 0 Å². The molecule has 0 spiro atoms. The lowest BCUT2D eigenvalue weighted by molar-refractivity contribution is 0.0525. The maximum atomic E-state index is 13.3. The summed E-state index contributed by atoms with van der Waals surface area (Å²) < 4.78 is 10.9. The molecule has 0 saturated carbocycles. The molecule has 0 bridgehead atoms. The standard InChI is InChI=1S/C22H25ClN4O4/c1-5-11-27(12-17-25-26-20(31-17)15-9-7-8-10-16(15)23)21(28)19-13(3)18(14(4)24-19)22(29)30-6-2/h7-10,24H,5-6,11-12H2,1-4H3. The average molecular weight is 445 g/mol. The van der Waals surface area contributed by atoms with Crippen molar-refractivity contribution in [3.8, 4) is 11.5 Å². The molecule has 2 aromatic heterocycles. The normalized spacial score (nSPS) is 10.9. The van der Waals surface area contributed by atoms with Gasteiger partial charge in [-0.2, -0.15) is 0 Å². The predicted molar refractivity (Wildman–Crippen MR) is 116 cm³/mol. The van der Waals surface area contributed by atoms with E-state index in [0.717, 1.165) is 6.42 Å². The van der Waals surface area contributed by atoms with Crippen molar-refractivity contribution in [1.29, 1.82) is 0 Å². The second kappa shape index (κ2) is 9.78. The van der Waals surface area contributed by atoms with Crippen LogP contribution in [0.4, 0.5) is 0 Å². The fourth-order valence-corrected chi connectivity index (χ4v) is 3.59. The van der Waals surface area contributed by atoms with Crippen molar-refractivity contribution in [3.63, 3.8) is 0 Å². The lowest BCUT2D eigenvalue weighted by atomic mass is 10.1. The molecule has 0 unspecified atom stereocenters. The third-order valence-corrected chi connectivity index (χ3v) is 5.14. The van der Waals surface area contributed by atoms with Crippen LogP contribution in [-0.2, 0) is 11.3 Å². The summed E-state index contributed by atoms with van der Waals surface area (Å²) in [5, 5.41) is 8.64. The minimum Gasteiger partial charge on any atom is -0.462 e. The molecule has 0 saturated heterocycles. The highest BCUT2D eigenvalue weighted by Crippen LogP contribution is 2.27. The number of aromatic amines is 1. The molecule has 0 aliphatic carbocycles. The molecule has 9 heteroatoms. The first-order valence-corrected chi connectivity index (χ1v) is 10.5. The van der Waals surface area contributed by atoms with Gasteiger partial charge in [0.05, 0.1) is 29.3 Å². The predicted octanol–water partition coefficient (Wildman–Crippen LogP) is 4.56. The van der Waals surface area contributed by atoms with E-state index in [1.54, 1.807) is 37.8 Å². The molecule has 2 heterocycles. The molecule has 3 rings (SSSR count). The number of H-pyrrole nitrogens is 1. The van der Waals surface area contributed by atoms with Crippen molar-refractivity contribution in [1.82, 2.24) is 20.1 Å². The molecule has 0 atom stereocenters. The molecule has 31 heavy (non-hydrogen) atoms. The first-order chi connectivity index (χ1) is 14.9. The molecular formula is C22H25ClN4O4. The zero-order valence-electron chi connectivity index (χ0n) is 18.0. The van der Waals surface area contributed by atoms with Gasteiger partial charge >= 0.3 is 5.97 Å². The Hall–Kier alpha value is -3.13. The Morgan fingerprint density at radius 1 is 1.19 bits per heavy atom. The Morgan fingerprint density at radius 3 is 2.61 bits per heavy atom. The van der Waals surface area contributed by atoms with Gasteiger partial charge in [-0.05, 0) is 44.9 Å². The summed E-state index contributed by atoms with van der Waals surface area (Å²) in [6.07, 6.45) is 0.737. The molecule has 3 aromatic rings. The summed E-state index contributed by atoms with van der Waals surface area (Å²) in [5.74, 6) is -0.115. The van der Waals surface area contributed by atoms with Crippen molar-refractivity contribution in [2.24, 2.45) is 0 Å². The van der Waals surface area contributed by atoms with Crippen LogP contribution in [0.15, 0.2) is 28.7 Å². The van der Waals surface area contributed by atoms with E-state index >= 15 is 0 Å². The molecule has 164 valence electrons. The van der Waals surface area contributed by atoms with E-state index in [4.69, 9.17) is 20.8 Å². The highest BCUT2D eigenvalue weighted by Gasteiger charge is 2.27. The number of carbonyl (C=O) groups excluding carboxylic acids is 2. The van der Waals surface area contributed by atoms with E-state index in [1.807, 2.05) is 19.1 Å². The number of aryl methyl sites for hydroxylation is 1. The highest BCUT2D eigenvalue weighted by molar-refractivity contribution is 6.33. The lowest BCUT2D eigenvalue weighted by Gasteiger charge is -2.20. The number of nitrogens with zero attached hydrogens (tertiary/aromatic N) is 3. The summed E-state index contributed by atoms with van der Waals surface area (Å²) >= 11 is 6.20. The fraction of sp³-hybridized carbons (Fsp3) is 0.364. The number of hydrogen-bond acceptors (Lipinski definition) is 6. The summed E-state index contributed by atoms with van der Waals surface area (Å²) in [5.41, 5.74) is 2.52. The molecule has 0 aliphatic rings. The van der Waals surface area contributed by atoms with Crippen LogP contribution in [-0.4, -0.2) is 45.1 Å². The number of esters is 1. The van der Waals surface area contributed by atoms with E-state index in [0.29, 0.717) is 51.4 Å². The summed E-state index contributed by atoms with van der Waals surface area (Å²) in [7, 11) is 0. The molecular weight excluding hydrogens is 420 g/mol. The van der Waals surface area contributed by atoms with Gasteiger partial charge < -0.3 is 19.0 Å².